The van der Waals surface area contributed by atoms with E-state index >= 15 is 0 Å². The third-order valence-corrected chi connectivity index (χ3v) is 5.94. The highest BCUT2D eigenvalue weighted by molar-refractivity contribution is 7.99. The fourth-order valence-corrected chi connectivity index (χ4v) is 4.15. The third kappa shape index (κ3) is 5.08. The number of furan rings is 1. The molecule has 162 valence electrons. The number of carbonyl (C=O) groups excluding carboxylic acids is 2. The average Bonchev–Trinajstić information content (AvgIpc) is 3.55. The first-order valence-corrected chi connectivity index (χ1v) is 11.1. The Bertz CT molecular complexity index is 1030. The Hall–Kier alpha value is -3.27. The van der Waals surface area contributed by atoms with Gasteiger partial charge >= 0.3 is 0 Å². The van der Waals surface area contributed by atoms with Crippen LogP contribution in [0.15, 0.2) is 52.2 Å². The molecule has 10 heteroatoms. The monoisotopic (exact) mass is 440 g/mol. The number of aromatic nitrogens is 3. The van der Waals surface area contributed by atoms with Crippen molar-refractivity contribution in [2.75, 3.05) is 36.1 Å². The third-order valence-electron chi connectivity index (χ3n) is 4.97. The summed E-state index contributed by atoms with van der Waals surface area (Å²) in [6.45, 7) is 2.41. The van der Waals surface area contributed by atoms with E-state index in [2.05, 4.69) is 25.7 Å². The number of benzene rings is 1. The quantitative estimate of drug-likeness (QED) is 0.519. The summed E-state index contributed by atoms with van der Waals surface area (Å²) in [5, 5.41) is 14.8. The van der Waals surface area contributed by atoms with Gasteiger partial charge < -0.3 is 20.0 Å². The van der Waals surface area contributed by atoms with E-state index in [9.17, 15) is 9.59 Å². The van der Waals surface area contributed by atoms with Crippen LogP contribution < -0.4 is 15.5 Å². The highest BCUT2D eigenvalue weighted by Crippen LogP contribution is 2.26. The molecule has 1 fully saturated rings. The zero-order valence-corrected chi connectivity index (χ0v) is 18.0. The Balaban J connectivity index is 1.41. The zero-order valence-electron chi connectivity index (χ0n) is 17.2. The lowest BCUT2D eigenvalue weighted by Gasteiger charge is -2.17. The lowest BCUT2D eigenvalue weighted by Crippen LogP contribution is -2.23. The number of amides is 2. The van der Waals surface area contributed by atoms with Gasteiger partial charge in [-0.05, 0) is 49.2 Å². The van der Waals surface area contributed by atoms with E-state index < -0.39 is 0 Å². The molecule has 1 aromatic carbocycles. The fraction of sp³-hybridized carbons (Fsp3) is 0.333. The first-order chi connectivity index (χ1) is 15.1. The summed E-state index contributed by atoms with van der Waals surface area (Å²) in [5.74, 6) is 1.48. The molecule has 0 radical (unpaired) electrons. The highest BCUT2D eigenvalue weighted by atomic mass is 32.2. The van der Waals surface area contributed by atoms with Crippen LogP contribution in [-0.2, 0) is 11.3 Å². The normalized spacial score (nSPS) is 13.4. The van der Waals surface area contributed by atoms with Gasteiger partial charge in [0.15, 0.2) is 5.16 Å². The van der Waals surface area contributed by atoms with Crippen LogP contribution in [0, 0.1) is 0 Å². The molecule has 2 N–H and O–H groups in total. The smallest absolute Gasteiger partial charge is 0.251 e. The van der Waals surface area contributed by atoms with Crippen molar-refractivity contribution in [3.8, 4) is 0 Å². The van der Waals surface area contributed by atoms with Gasteiger partial charge in [0.2, 0.25) is 11.9 Å². The molecule has 0 bridgehead atoms. The largest absolute Gasteiger partial charge is 0.467 e. The molecule has 0 atom stereocenters. The number of carbonyl (C=O) groups is 2. The number of hydrogen-bond donors (Lipinski definition) is 2. The number of hydrogen-bond acceptors (Lipinski definition) is 7. The fourth-order valence-electron chi connectivity index (χ4n) is 3.41. The Morgan fingerprint density at radius 1 is 1.13 bits per heavy atom. The molecule has 1 saturated heterocycles. The second-order valence-electron chi connectivity index (χ2n) is 7.14. The van der Waals surface area contributed by atoms with Crippen molar-refractivity contribution in [1.82, 2.24) is 20.1 Å². The summed E-state index contributed by atoms with van der Waals surface area (Å²) >= 11 is 1.33. The maximum absolute atomic E-state index is 12.5. The molecule has 9 nitrogen and oxygen atoms in total. The summed E-state index contributed by atoms with van der Waals surface area (Å²) in [4.78, 5) is 26.3. The summed E-state index contributed by atoms with van der Waals surface area (Å²) in [6.07, 6.45) is 3.92. The predicted octanol–water partition coefficient (Wildman–Crippen LogP) is 2.61. The zero-order chi connectivity index (χ0) is 21.6. The van der Waals surface area contributed by atoms with Gasteiger partial charge in [-0.25, -0.2) is 0 Å². The molecule has 1 aliphatic rings. The van der Waals surface area contributed by atoms with Crippen molar-refractivity contribution in [2.45, 2.75) is 24.5 Å². The molecular weight excluding hydrogens is 416 g/mol. The van der Waals surface area contributed by atoms with Gasteiger partial charge in [0.25, 0.3) is 5.91 Å². The van der Waals surface area contributed by atoms with Gasteiger partial charge in [-0.1, -0.05) is 11.8 Å². The number of thioether (sulfide) groups is 1. The summed E-state index contributed by atoms with van der Waals surface area (Å²) in [6, 6.07) is 10.5. The van der Waals surface area contributed by atoms with E-state index in [1.807, 2.05) is 16.7 Å². The van der Waals surface area contributed by atoms with E-state index in [-0.39, 0.29) is 17.6 Å². The Kier molecular flexibility index (Phi) is 6.56. The number of anilines is 2. The van der Waals surface area contributed by atoms with Crippen LogP contribution in [0.4, 0.5) is 11.6 Å². The lowest BCUT2D eigenvalue weighted by molar-refractivity contribution is -0.113. The molecule has 0 unspecified atom stereocenters. The first kappa shape index (κ1) is 21.0. The van der Waals surface area contributed by atoms with Gasteiger partial charge in [-0.15, -0.1) is 10.2 Å². The summed E-state index contributed by atoms with van der Waals surface area (Å²) in [5.41, 5.74) is 1.17. The summed E-state index contributed by atoms with van der Waals surface area (Å²) < 4.78 is 7.51. The molecule has 3 aromatic rings. The summed E-state index contributed by atoms with van der Waals surface area (Å²) in [7, 11) is 1.58. The van der Waals surface area contributed by atoms with Crippen molar-refractivity contribution in [3.63, 3.8) is 0 Å². The maximum Gasteiger partial charge on any atom is 0.251 e. The van der Waals surface area contributed by atoms with Crippen LogP contribution in [0.1, 0.15) is 29.0 Å². The van der Waals surface area contributed by atoms with Crippen LogP contribution >= 0.6 is 11.8 Å². The predicted molar refractivity (Wildman–Crippen MR) is 118 cm³/mol. The van der Waals surface area contributed by atoms with E-state index in [0.717, 1.165) is 37.6 Å². The number of nitrogens with zero attached hydrogens (tertiary/aromatic N) is 4. The molecule has 2 amide bonds. The minimum atomic E-state index is -0.168. The van der Waals surface area contributed by atoms with Gasteiger partial charge in [0.1, 0.15) is 5.76 Å². The second kappa shape index (κ2) is 9.69. The van der Waals surface area contributed by atoms with Crippen LogP contribution in [0.3, 0.4) is 0 Å². The minimum absolute atomic E-state index is 0.159. The topological polar surface area (TPSA) is 105 Å². The molecular formula is C21H24N6O3S. The molecule has 2 aromatic heterocycles. The van der Waals surface area contributed by atoms with E-state index in [1.54, 1.807) is 37.6 Å². The number of nitrogens with one attached hydrogen (secondary N) is 2. The first-order valence-electron chi connectivity index (χ1n) is 10.1. The van der Waals surface area contributed by atoms with E-state index in [0.29, 0.717) is 23.0 Å². The molecule has 0 saturated carbocycles. The van der Waals surface area contributed by atoms with Crippen LogP contribution in [-0.4, -0.2) is 52.5 Å². The lowest BCUT2D eigenvalue weighted by atomic mass is 10.2. The minimum Gasteiger partial charge on any atom is -0.467 e. The van der Waals surface area contributed by atoms with E-state index in [1.165, 1.54) is 11.8 Å². The van der Waals surface area contributed by atoms with Gasteiger partial charge in [0.05, 0.1) is 18.6 Å². The molecule has 0 spiro atoms. The van der Waals surface area contributed by atoms with Crippen molar-refractivity contribution in [1.29, 1.82) is 0 Å². The van der Waals surface area contributed by atoms with Crippen molar-refractivity contribution < 1.29 is 14.0 Å². The van der Waals surface area contributed by atoms with E-state index in [4.69, 9.17) is 4.42 Å². The average molecular weight is 441 g/mol. The Morgan fingerprint density at radius 3 is 2.58 bits per heavy atom. The molecule has 3 heterocycles. The molecule has 1 aliphatic heterocycles. The van der Waals surface area contributed by atoms with Gasteiger partial charge in [-0.3, -0.25) is 14.2 Å². The highest BCUT2D eigenvalue weighted by Gasteiger charge is 2.22. The maximum atomic E-state index is 12.5. The van der Waals surface area contributed by atoms with Gasteiger partial charge in [0, 0.05) is 31.4 Å². The Morgan fingerprint density at radius 2 is 1.90 bits per heavy atom. The Labute approximate surface area is 184 Å². The van der Waals surface area contributed by atoms with Crippen LogP contribution in [0.25, 0.3) is 0 Å². The molecule has 0 aliphatic carbocycles. The molecule has 31 heavy (non-hydrogen) atoms. The van der Waals surface area contributed by atoms with Crippen LogP contribution in [0.5, 0.6) is 0 Å². The SMILES string of the molecule is CNC(=O)c1ccc(NC(=O)CSc2nnc(N3CCCC3)n2Cc2ccco2)cc1. The van der Waals surface area contributed by atoms with Crippen molar-refractivity contribution in [2.24, 2.45) is 0 Å². The second-order valence-corrected chi connectivity index (χ2v) is 8.08. The van der Waals surface area contributed by atoms with Gasteiger partial charge in [-0.2, -0.15) is 0 Å². The van der Waals surface area contributed by atoms with Crippen LogP contribution in [0.2, 0.25) is 0 Å². The number of rotatable bonds is 8. The van der Waals surface area contributed by atoms with Crippen molar-refractivity contribution in [3.05, 3.63) is 54.0 Å². The standard InChI is InChI=1S/C21H24N6O3S/c1-22-19(29)15-6-8-16(9-7-15)23-18(28)14-31-21-25-24-20(26-10-2-3-11-26)27(21)13-17-5-4-12-30-17/h4-9,12H,2-3,10-11,13-14H2,1H3,(H,22,29)(H,23,28). The van der Waals surface area contributed by atoms with Crippen molar-refractivity contribution >= 4 is 35.2 Å². The molecule has 4 rings (SSSR count).